The first-order chi connectivity index (χ1) is 14.5. The summed E-state index contributed by atoms with van der Waals surface area (Å²) >= 11 is 0. The van der Waals surface area contributed by atoms with Crippen LogP contribution in [0.1, 0.15) is 64.2 Å². The molecule has 7 heteroatoms. The second-order valence-corrected chi connectivity index (χ2v) is 9.88. The number of hydrogen-bond acceptors (Lipinski definition) is 4. The molecule has 0 aromatic heterocycles. The van der Waals surface area contributed by atoms with E-state index in [0.29, 0.717) is 37.0 Å². The Balaban J connectivity index is 1.91. The topological polar surface area (TPSA) is 70.7 Å². The van der Waals surface area contributed by atoms with E-state index in [2.05, 4.69) is 24.5 Å². The lowest BCUT2D eigenvalue weighted by atomic mass is 9.90. The normalized spacial score (nSPS) is 16.3. The highest BCUT2D eigenvalue weighted by atomic mass is 19.1. The largest absolute Gasteiger partial charge is 0.444 e. The monoisotopic (exact) mass is 435 g/mol. The zero-order valence-electron chi connectivity index (χ0n) is 19.5. The van der Waals surface area contributed by atoms with E-state index >= 15 is 0 Å². The number of benzene rings is 1. The van der Waals surface area contributed by atoms with Crippen molar-refractivity contribution < 1.29 is 18.7 Å². The first-order valence-corrected chi connectivity index (χ1v) is 11.3. The third-order valence-corrected chi connectivity index (χ3v) is 5.27. The van der Waals surface area contributed by atoms with Crippen molar-refractivity contribution in [2.24, 2.45) is 11.8 Å². The molecule has 1 heterocycles. The van der Waals surface area contributed by atoms with E-state index in [1.54, 1.807) is 4.90 Å². The van der Waals surface area contributed by atoms with Crippen LogP contribution in [0.25, 0.3) is 0 Å². The lowest BCUT2D eigenvalue weighted by molar-refractivity contribution is 0.0178. The van der Waals surface area contributed by atoms with Gasteiger partial charge in [0.25, 0.3) is 5.91 Å². The quantitative estimate of drug-likeness (QED) is 0.642. The second-order valence-electron chi connectivity index (χ2n) is 9.88. The van der Waals surface area contributed by atoms with Gasteiger partial charge in [0, 0.05) is 31.2 Å². The summed E-state index contributed by atoms with van der Waals surface area (Å²) in [6.07, 6.45) is 2.34. The molecule has 0 aliphatic carbocycles. The minimum absolute atomic E-state index is 0.0330. The fraction of sp³-hybridized carbons (Fsp3) is 0.667. The minimum atomic E-state index is -0.494. The first kappa shape index (κ1) is 25.1. The van der Waals surface area contributed by atoms with Gasteiger partial charge in [0.1, 0.15) is 11.4 Å². The van der Waals surface area contributed by atoms with Crippen molar-refractivity contribution in [3.05, 3.63) is 35.6 Å². The molecule has 1 aliphatic rings. The summed E-state index contributed by atoms with van der Waals surface area (Å²) in [6.45, 7) is 12.8. The van der Waals surface area contributed by atoms with E-state index in [4.69, 9.17) is 4.74 Å². The number of rotatable bonds is 8. The van der Waals surface area contributed by atoms with Gasteiger partial charge in [0.05, 0.1) is 0 Å². The SMILES string of the molecule is CC(C)CNCC(CC1CCN(C(=O)OC(C)(C)C)CC1)NC(=O)c1ccc(F)cc1. The van der Waals surface area contributed by atoms with Gasteiger partial charge >= 0.3 is 6.09 Å². The van der Waals surface area contributed by atoms with Gasteiger partial charge in [0.15, 0.2) is 0 Å². The average Bonchev–Trinajstić information content (AvgIpc) is 2.67. The lowest BCUT2D eigenvalue weighted by Gasteiger charge is -2.35. The Morgan fingerprint density at radius 3 is 2.29 bits per heavy atom. The van der Waals surface area contributed by atoms with E-state index in [9.17, 15) is 14.0 Å². The zero-order chi connectivity index (χ0) is 23.0. The Morgan fingerprint density at radius 2 is 1.74 bits per heavy atom. The Kier molecular flexibility index (Phi) is 9.29. The van der Waals surface area contributed by atoms with Crippen LogP contribution in [0.15, 0.2) is 24.3 Å². The highest BCUT2D eigenvalue weighted by molar-refractivity contribution is 5.94. The van der Waals surface area contributed by atoms with Crippen LogP contribution in [0.4, 0.5) is 9.18 Å². The number of hydrogen-bond donors (Lipinski definition) is 2. The van der Waals surface area contributed by atoms with Crippen molar-refractivity contribution >= 4 is 12.0 Å². The van der Waals surface area contributed by atoms with Gasteiger partial charge in [-0.15, -0.1) is 0 Å². The number of piperidine rings is 1. The molecule has 2 N–H and O–H groups in total. The lowest BCUT2D eigenvalue weighted by Crippen LogP contribution is -2.46. The molecule has 1 unspecified atom stereocenters. The fourth-order valence-corrected chi connectivity index (χ4v) is 3.69. The molecule has 6 nitrogen and oxygen atoms in total. The Hall–Kier alpha value is -2.15. The molecular formula is C24H38FN3O3. The van der Waals surface area contributed by atoms with Crippen LogP contribution in [0.5, 0.6) is 0 Å². The molecule has 174 valence electrons. The number of carbonyl (C=O) groups excluding carboxylic acids is 2. The van der Waals surface area contributed by atoms with Crippen LogP contribution in [0.3, 0.4) is 0 Å². The summed E-state index contributed by atoms with van der Waals surface area (Å²) < 4.78 is 18.6. The first-order valence-electron chi connectivity index (χ1n) is 11.3. The van der Waals surface area contributed by atoms with Crippen molar-refractivity contribution in [1.29, 1.82) is 0 Å². The molecule has 2 amide bonds. The standard InChI is InChI=1S/C24H38FN3O3/c1-17(2)15-26-16-21(27-22(29)19-6-8-20(25)9-7-19)14-18-10-12-28(13-11-18)23(30)31-24(3,4)5/h6-9,17-18,21,26H,10-16H2,1-5H3,(H,27,29). The fourth-order valence-electron chi connectivity index (χ4n) is 3.69. The molecular weight excluding hydrogens is 397 g/mol. The summed E-state index contributed by atoms with van der Waals surface area (Å²) in [5.74, 6) is 0.384. The predicted molar refractivity (Wildman–Crippen MR) is 121 cm³/mol. The third kappa shape index (κ3) is 9.25. The number of ether oxygens (including phenoxy) is 1. The van der Waals surface area contributed by atoms with E-state index in [-0.39, 0.29) is 23.9 Å². The van der Waals surface area contributed by atoms with Crippen molar-refractivity contribution in [3.63, 3.8) is 0 Å². The van der Waals surface area contributed by atoms with E-state index < -0.39 is 5.60 Å². The minimum Gasteiger partial charge on any atom is -0.444 e. The van der Waals surface area contributed by atoms with Crippen molar-refractivity contribution in [2.75, 3.05) is 26.2 Å². The highest BCUT2D eigenvalue weighted by Crippen LogP contribution is 2.23. The van der Waals surface area contributed by atoms with Gasteiger partial charge in [-0.2, -0.15) is 0 Å². The molecule has 1 atom stereocenters. The molecule has 0 saturated carbocycles. The Bertz CT molecular complexity index is 708. The number of amides is 2. The summed E-state index contributed by atoms with van der Waals surface area (Å²) in [5, 5.41) is 6.54. The summed E-state index contributed by atoms with van der Waals surface area (Å²) in [6, 6.07) is 5.57. The van der Waals surface area contributed by atoms with Crippen molar-refractivity contribution in [1.82, 2.24) is 15.5 Å². The van der Waals surface area contributed by atoms with Crippen LogP contribution >= 0.6 is 0 Å². The molecule has 1 aromatic rings. The van der Waals surface area contributed by atoms with Crippen LogP contribution in [0, 0.1) is 17.7 Å². The van der Waals surface area contributed by atoms with Crippen LogP contribution < -0.4 is 10.6 Å². The number of carbonyl (C=O) groups is 2. The number of nitrogens with one attached hydrogen (secondary N) is 2. The van der Waals surface area contributed by atoms with Gasteiger partial charge in [0.2, 0.25) is 0 Å². The molecule has 0 bridgehead atoms. The van der Waals surface area contributed by atoms with Gasteiger partial charge < -0.3 is 20.3 Å². The highest BCUT2D eigenvalue weighted by Gasteiger charge is 2.28. The van der Waals surface area contributed by atoms with Crippen molar-refractivity contribution in [2.45, 2.75) is 65.5 Å². The smallest absolute Gasteiger partial charge is 0.410 e. The van der Waals surface area contributed by atoms with Crippen molar-refractivity contribution in [3.8, 4) is 0 Å². The van der Waals surface area contributed by atoms with Gasteiger partial charge in [-0.3, -0.25) is 4.79 Å². The van der Waals surface area contributed by atoms with Crippen LogP contribution in [0.2, 0.25) is 0 Å². The van der Waals surface area contributed by atoms with Gasteiger partial charge in [-0.05, 0) is 82.7 Å². The van der Waals surface area contributed by atoms with Crippen LogP contribution in [-0.4, -0.2) is 54.7 Å². The maximum absolute atomic E-state index is 13.2. The van der Waals surface area contributed by atoms with Gasteiger partial charge in [-0.1, -0.05) is 13.8 Å². The molecule has 31 heavy (non-hydrogen) atoms. The molecule has 1 aromatic carbocycles. The summed E-state index contributed by atoms with van der Waals surface area (Å²) in [4.78, 5) is 26.7. The van der Waals surface area contributed by atoms with E-state index in [0.717, 1.165) is 25.8 Å². The predicted octanol–water partition coefficient (Wildman–Crippen LogP) is 4.21. The molecule has 0 radical (unpaired) electrons. The molecule has 0 spiro atoms. The molecule has 2 rings (SSSR count). The third-order valence-electron chi connectivity index (χ3n) is 5.27. The Morgan fingerprint density at radius 1 is 1.13 bits per heavy atom. The maximum atomic E-state index is 13.2. The maximum Gasteiger partial charge on any atom is 0.410 e. The van der Waals surface area contributed by atoms with E-state index in [1.165, 1.54) is 24.3 Å². The molecule has 1 fully saturated rings. The summed E-state index contributed by atoms with van der Waals surface area (Å²) in [5.41, 5.74) is -0.0406. The number of nitrogens with zero attached hydrogens (tertiary/aromatic N) is 1. The van der Waals surface area contributed by atoms with Gasteiger partial charge in [-0.25, -0.2) is 9.18 Å². The van der Waals surface area contributed by atoms with Crippen LogP contribution in [-0.2, 0) is 4.74 Å². The number of halogens is 1. The van der Waals surface area contributed by atoms with E-state index in [1.807, 2.05) is 20.8 Å². The average molecular weight is 436 g/mol. The second kappa shape index (κ2) is 11.5. The molecule has 1 aliphatic heterocycles. The zero-order valence-corrected chi connectivity index (χ0v) is 19.5. The number of likely N-dealkylation sites (tertiary alicyclic amines) is 1. The molecule has 1 saturated heterocycles. The summed E-state index contributed by atoms with van der Waals surface area (Å²) in [7, 11) is 0. The Labute approximate surface area is 185 Å².